The number of nitro groups is 1. The van der Waals surface area contributed by atoms with Crippen LogP contribution in [0.3, 0.4) is 0 Å². The number of rotatable bonds is 10. The second kappa shape index (κ2) is 11.9. The summed E-state index contributed by atoms with van der Waals surface area (Å²) in [6.45, 7) is 8.70. The number of ether oxygens (including phenoxy) is 1. The molecule has 0 unspecified atom stereocenters. The number of nitrogens with zero attached hydrogens (tertiary/aromatic N) is 2. The Balaban J connectivity index is 3.21. The molecule has 3 amide bonds. The first-order chi connectivity index (χ1) is 15.2. The molecule has 33 heavy (non-hydrogen) atoms. The second-order valence-electron chi connectivity index (χ2n) is 8.81. The van der Waals surface area contributed by atoms with Crippen LogP contribution in [0.15, 0.2) is 24.3 Å². The molecule has 1 rings (SSSR count). The summed E-state index contributed by atoms with van der Waals surface area (Å²) >= 11 is 0. The number of nitro benzene ring substituents is 1. The van der Waals surface area contributed by atoms with Crippen LogP contribution < -0.4 is 10.6 Å². The van der Waals surface area contributed by atoms with E-state index in [9.17, 15) is 29.3 Å². The van der Waals surface area contributed by atoms with Gasteiger partial charge in [-0.3, -0.25) is 29.3 Å². The Morgan fingerprint density at radius 1 is 1.09 bits per heavy atom. The van der Waals surface area contributed by atoms with Crippen molar-refractivity contribution in [2.75, 3.05) is 13.1 Å². The molecule has 2 N–H and O–H groups in total. The van der Waals surface area contributed by atoms with Crippen molar-refractivity contribution in [1.82, 2.24) is 15.5 Å². The smallest absolute Gasteiger partial charge is 0.325 e. The van der Waals surface area contributed by atoms with Crippen molar-refractivity contribution in [3.63, 3.8) is 0 Å². The van der Waals surface area contributed by atoms with Crippen LogP contribution in [0.5, 0.6) is 0 Å². The van der Waals surface area contributed by atoms with Gasteiger partial charge in [0.25, 0.3) is 5.69 Å². The third kappa shape index (κ3) is 9.26. The van der Waals surface area contributed by atoms with E-state index < -0.39 is 59.3 Å². The van der Waals surface area contributed by atoms with E-state index in [1.807, 2.05) is 0 Å². The Bertz CT molecular complexity index is 893. The molecule has 0 saturated carbocycles. The monoisotopic (exact) mass is 464 g/mol. The minimum absolute atomic E-state index is 0.202. The van der Waals surface area contributed by atoms with Gasteiger partial charge in [-0.2, -0.15) is 0 Å². The van der Waals surface area contributed by atoms with Crippen LogP contribution in [0.1, 0.15) is 47.1 Å². The Kier molecular flexibility index (Phi) is 9.96. The maximum absolute atomic E-state index is 13.0. The van der Waals surface area contributed by atoms with Gasteiger partial charge in [-0.25, -0.2) is 0 Å². The van der Waals surface area contributed by atoms with E-state index in [0.717, 1.165) is 0 Å². The van der Waals surface area contributed by atoms with Crippen LogP contribution in [0, 0.1) is 16.0 Å². The molecule has 0 spiro atoms. The maximum Gasteiger partial charge on any atom is 0.325 e. The molecule has 1 aromatic rings. The maximum atomic E-state index is 13.0. The average Bonchev–Trinajstić information content (AvgIpc) is 2.68. The van der Waals surface area contributed by atoms with E-state index in [-0.39, 0.29) is 17.8 Å². The molecule has 0 heterocycles. The molecule has 0 aliphatic rings. The van der Waals surface area contributed by atoms with Gasteiger partial charge in [0, 0.05) is 18.6 Å². The van der Waals surface area contributed by atoms with Crippen LogP contribution in [-0.4, -0.2) is 58.2 Å². The zero-order valence-electron chi connectivity index (χ0n) is 19.8. The highest BCUT2D eigenvalue weighted by Gasteiger charge is 2.34. The lowest BCUT2D eigenvalue weighted by Crippen LogP contribution is -2.54. The number of benzene rings is 1. The summed E-state index contributed by atoms with van der Waals surface area (Å²) in [6.07, 6.45) is 0. The van der Waals surface area contributed by atoms with Gasteiger partial charge in [0.2, 0.25) is 17.7 Å². The largest absolute Gasteiger partial charge is 0.459 e. The molecule has 0 radical (unpaired) electrons. The fraction of sp³-hybridized carbons (Fsp3) is 0.545. The van der Waals surface area contributed by atoms with Crippen molar-refractivity contribution in [3.05, 3.63) is 39.9 Å². The molecule has 0 aromatic heterocycles. The van der Waals surface area contributed by atoms with E-state index in [1.165, 1.54) is 30.0 Å². The van der Waals surface area contributed by atoms with Crippen LogP contribution in [0.4, 0.5) is 5.69 Å². The number of para-hydroxylation sites is 1. The first-order valence-corrected chi connectivity index (χ1v) is 10.5. The molecule has 11 heteroatoms. The lowest BCUT2D eigenvalue weighted by Gasteiger charge is -2.33. The highest BCUT2D eigenvalue weighted by atomic mass is 16.6. The summed E-state index contributed by atoms with van der Waals surface area (Å²) < 4.78 is 5.18. The lowest BCUT2D eigenvalue weighted by atomic mass is 10.00. The van der Waals surface area contributed by atoms with Crippen molar-refractivity contribution in [3.8, 4) is 0 Å². The van der Waals surface area contributed by atoms with Gasteiger partial charge in [-0.1, -0.05) is 32.0 Å². The van der Waals surface area contributed by atoms with Gasteiger partial charge in [-0.05, 0) is 26.7 Å². The number of carbonyl (C=O) groups is 4. The van der Waals surface area contributed by atoms with Crippen LogP contribution in [-0.2, 0) is 30.5 Å². The molecule has 0 aliphatic carbocycles. The molecule has 1 aromatic carbocycles. The first kappa shape index (κ1) is 27.5. The fourth-order valence-electron chi connectivity index (χ4n) is 3.10. The van der Waals surface area contributed by atoms with Crippen LogP contribution >= 0.6 is 0 Å². The van der Waals surface area contributed by atoms with E-state index >= 15 is 0 Å². The molecular weight excluding hydrogens is 432 g/mol. The van der Waals surface area contributed by atoms with E-state index in [1.54, 1.807) is 40.7 Å². The van der Waals surface area contributed by atoms with Crippen molar-refractivity contribution in [2.24, 2.45) is 5.92 Å². The molecule has 182 valence electrons. The Morgan fingerprint density at radius 3 is 2.21 bits per heavy atom. The third-order valence-electron chi connectivity index (χ3n) is 4.40. The molecular formula is C22H32N4O7. The van der Waals surface area contributed by atoms with E-state index in [0.29, 0.717) is 0 Å². The molecule has 0 aliphatic heterocycles. The van der Waals surface area contributed by atoms with Gasteiger partial charge in [0.1, 0.15) is 18.2 Å². The zero-order valence-corrected chi connectivity index (χ0v) is 19.8. The fourth-order valence-corrected chi connectivity index (χ4v) is 3.10. The zero-order chi connectivity index (χ0) is 25.3. The van der Waals surface area contributed by atoms with Gasteiger partial charge >= 0.3 is 5.97 Å². The van der Waals surface area contributed by atoms with Crippen LogP contribution in [0.2, 0.25) is 0 Å². The first-order valence-electron chi connectivity index (χ1n) is 10.5. The number of hydrogen-bond acceptors (Lipinski definition) is 7. The Labute approximate surface area is 193 Å². The van der Waals surface area contributed by atoms with Gasteiger partial charge in [0.05, 0.1) is 18.0 Å². The van der Waals surface area contributed by atoms with Crippen molar-refractivity contribution < 1.29 is 28.8 Å². The SMILES string of the molecule is CC(=O)NCC(=O)N(Cc1ccccc1[N+](=O)[O-])[C@H](C(=O)NCC(=O)OC(C)(C)C)C(C)C. The minimum atomic E-state index is -1.06. The number of hydrogen-bond donors (Lipinski definition) is 2. The standard InChI is InChI=1S/C22H32N4O7/c1-14(2)20(21(30)24-12-19(29)33-22(4,5)6)25(18(28)11-23-15(3)27)13-16-9-7-8-10-17(16)26(31)32/h7-10,14,20H,11-13H2,1-6H3,(H,23,27)(H,24,30)/t20-/m0/s1. The summed E-state index contributed by atoms with van der Waals surface area (Å²) in [4.78, 5) is 61.3. The normalized spacial score (nSPS) is 12.0. The van der Waals surface area contributed by atoms with Gasteiger partial charge in [0.15, 0.2) is 0 Å². The summed E-state index contributed by atoms with van der Waals surface area (Å²) in [5.41, 5.74) is -0.706. The summed E-state index contributed by atoms with van der Waals surface area (Å²) in [5.74, 6) is -2.72. The van der Waals surface area contributed by atoms with Gasteiger partial charge in [-0.15, -0.1) is 0 Å². The van der Waals surface area contributed by atoms with Gasteiger partial charge < -0.3 is 20.3 Å². The highest BCUT2D eigenvalue weighted by Crippen LogP contribution is 2.23. The highest BCUT2D eigenvalue weighted by molar-refractivity contribution is 5.91. The molecule has 1 atom stereocenters. The summed E-state index contributed by atoms with van der Waals surface area (Å²) in [6, 6.07) is 4.82. The Hall–Kier alpha value is -3.50. The van der Waals surface area contributed by atoms with Crippen LogP contribution in [0.25, 0.3) is 0 Å². The lowest BCUT2D eigenvalue weighted by molar-refractivity contribution is -0.385. The number of esters is 1. The van der Waals surface area contributed by atoms with Crippen molar-refractivity contribution >= 4 is 29.4 Å². The quantitative estimate of drug-likeness (QED) is 0.303. The van der Waals surface area contributed by atoms with E-state index in [4.69, 9.17) is 4.74 Å². The van der Waals surface area contributed by atoms with Crippen molar-refractivity contribution in [2.45, 2.75) is 59.7 Å². The topological polar surface area (TPSA) is 148 Å². The number of nitrogens with one attached hydrogen (secondary N) is 2. The predicted octanol–water partition coefficient (Wildman–Crippen LogP) is 1.54. The molecule has 11 nitrogen and oxygen atoms in total. The Morgan fingerprint density at radius 2 is 1.70 bits per heavy atom. The van der Waals surface area contributed by atoms with Crippen molar-refractivity contribution in [1.29, 1.82) is 0 Å². The average molecular weight is 465 g/mol. The molecule has 0 fully saturated rings. The summed E-state index contributed by atoms with van der Waals surface area (Å²) in [5, 5.41) is 16.3. The molecule has 0 bridgehead atoms. The third-order valence-corrected chi connectivity index (χ3v) is 4.40. The predicted molar refractivity (Wildman–Crippen MR) is 120 cm³/mol. The summed E-state index contributed by atoms with van der Waals surface area (Å²) in [7, 11) is 0. The minimum Gasteiger partial charge on any atom is -0.459 e. The second-order valence-corrected chi connectivity index (χ2v) is 8.81. The number of amides is 3. The molecule has 0 saturated heterocycles. The van der Waals surface area contributed by atoms with E-state index in [2.05, 4.69) is 10.6 Å². The number of carbonyl (C=O) groups excluding carboxylic acids is 4.